The van der Waals surface area contributed by atoms with Crippen LogP contribution in [0.2, 0.25) is 0 Å². The first-order valence-electron chi connectivity index (χ1n) is 5.31. The van der Waals surface area contributed by atoms with Gasteiger partial charge in [0.25, 0.3) is 0 Å². The molecular weight excluding hydrogens is 252 g/mol. The van der Waals surface area contributed by atoms with Crippen molar-refractivity contribution in [1.82, 2.24) is 10.3 Å². The van der Waals surface area contributed by atoms with Crippen LogP contribution >= 0.6 is 0 Å². The van der Waals surface area contributed by atoms with Crippen LogP contribution in [0.15, 0.2) is 18.3 Å². The number of nitrogens with zero attached hydrogens (tertiary/aromatic N) is 1. The number of rotatable bonds is 4. The molecule has 1 heterocycles. The number of amides is 3. The van der Waals surface area contributed by atoms with Crippen molar-refractivity contribution in [3.05, 3.63) is 24.0 Å². The molecule has 0 aliphatic heterocycles. The molecule has 0 bridgehead atoms. The predicted molar refractivity (Wildman–Crippen MR) is 66.6 cm³/mol. The summed E-state index contributed by atoms with van der Waals surface area (Å²) >= 11 is 0. The summed E-state index contributed by atoms with van der Waals surface area (Å²) in [5, 5.41) is 13.5. The van der Waals surface area contributed by atoms with E-state index >= 15 is 0 Å². The van der Waals surface area contributed by atoms with E-state index in [1.807, 2.05) is 0 Å². The summed E-state index contributed by atoms with van der Waals surface area (Å²) in [6, 6.07) is 2.11. The lowest BCUT2D eigenvalue weighted by atomic mass is 10.1. The molecule has 0 spiro atoms. The molecule has 1 aromatic rings. The number of carboxylic acid groups (broad SMARTS) is 1. The second kappa shape index (κ2) is 5.34. The second-order valence-electron chi connectivity index (χ2n) is 4.27. The summed E-state index contributed by atoms with van der Waals surface area (Å²) in [6.07, 6.45) is 1.29. The SMILES string of the molecule is CC(C)(NC(=O)Nc1cccnc1C(=O)O)C(N)=O. The Balaban J connectivity index is 2.84. The third-order valence-electron chi connectivity index (χ3n) is 2.30. The molecule has 0 saturated carbocycles. The van der Waals surface area contributed by atoms with E-state index in [1.54, 1.807) is 0 Å². The van der Waals surface area contributed by atoms with Crippen LogP contribution in [0.25, 0.3) is 0 Å². The van der Waals surface area contributed by atoms with Crippen LogP contribution in [0.3, 0.4) is 0 Å². The van der Waals surface area contributed by atoms with E-state index in [1.165, 1.54) is 32.2 Å². The van der Waals surface area contributed by atoms with E-state index in [0.29, 0.717) is 0 Å². The van der Waals surface area contributed by atoms with E-state index < -0.39 is 23.4 Å². The maximum absolute atomic E-state index is 11.7. The van der Waals surface area contributed by atoms with Crippen LogP contribution in [0, 0.1) is 0 Å². The van der Waals surface area contributed by atoms with E-state index in [9.17, 15) is 14.4 Å². The van der Waals surface area contributed by atoms with E-state index in [2.05, 4.69) is 15.6 Å². The number of urea groups is 1. The van der Waals surface area contributed by atoms with E-state index in [4.69, 9.17) is 10.8 Å². The number of carbonyl (C=O) groups excluding carboxylic acids is 2. The van der Waals surface area contributed by atoms with Gasteiger partial charge in [0, 0.05) is 6.20 Å². The Morgan fingerprint density at radius 3 is 2.53 bits per heavy atom. The van der Waals surface area contributed by atoms with Gasteiger partial charge in [0.15, 0.2) is 5.69 Å². The van der Waals surface area contributed by atoms with Gasteiger partial charge in [-0.25, -0.2) is 14.6 Å². The first kappa shape index (κ1) is 14.4. The largest absolute Gasteiger partial charge is 0.476 e. The van der Waals surface area contributed by atoms with E-state index in [0.717, 1.165) is 0 Å². The molecule has 102 valence electrons. The molecule has 0 aromatic carbocycles. The van der Waals surface area contributed by atoms with Crippen LogP contribution in [0.5, 0.6) is 0 Å². The Hall–Kier alpha value is -2.64. The van der Waals surface area contributed by atoms with Gasteiger partial charge in [-0.15, -0.1) is 0 Å². The molecule has 19 heavy (non-hydrogen) atoms. The first-order chi connectivity index (χ1) is 8.74. The lowest BCUT2D eigenvalue weighted by molar-refractivity contribution is -0.122. The van der Waals surface area contributed by atoms with Gasteiger partial charge in [-0.05, 0) is 26.0 Å². The Morgan fingerprint density at radius 1 is 1.37 bits per heavy atom. The Labute approximate surface area is 109 Å². The summed E-state index contributed by atoms with van der Waals surface area (Å²) < 4.78 is 0. The quantitative estimate of drug-likeness (QED) is 0.616. The second-order valence-corrected chi connectivity index (χ2v) is 4.27. The minimum absolute atomic E-state index is 0.0211. The molecule has 8 heteroatoms. The van der Waals surface area contributed by atoms with E-state index in [-0.39, 0.29) is 11.4 Å². The molecule has 0 fully saturated rings. The monoisotopic (exact) mass is 266 g/mol. The van der Waals surface area contributed by atoms with Crippen molar-refractivity contribution >= 4 is 23.6 Å². The Morgan fingerprint density at radius 2 is 2.00 bits per heavy atom. The number of nitrogens with two attached hydrogens (primary N) is 1. The molecule has 0 unspecified atom stereocenters. The van der Waals surface area contributed by atoms with Crippen LogP contribution in [-0.2, 0) is 4.79 Å². The molecule has 8 nitrogen and oxygen atoms in total. The maximum Gasteiger partial charge on any atom is 0.356 e. The molecule has 0 aliphatic rings. The van der Waals surface area contributed by atoms with Crippen molar-refractivity contribution < 1.29 is 19.5 Å². The van der Waals surface area contributed by atoms with Crippen molar-refractivity contribution in [2.45, 2.75) is 19.4 Å². The molecule has 1 aromatic heterocycles. The number of pyridine rings is 1. The summed E-state index contributed by atoms with van der Waals surface area (Å²) in [4.78, 5) is 37.2. The lowest BCUT2D eigenvalue weighted by Gasteiger charge is -2.22. The number of nitrogens with one attached hydrogen (secondary N) is 2. The highest BCUT2D eigenvalue weighted by molar-refractivity contribution is 6.00. The number of hydrogen-bond acceptors (Lipinski definition) is 4. The summed E-state index contributed by atoms with van der Waals surface area (Å²) in [6.45, 7) is 2.85. The van der Waals surface area contributed by atoms with Gasteiger partial charge in [0.1, 0.15) is 5.54 Å². The molecular formula is C11H14N4O4. The van der Waals surface area contributed by atoms with Gasteiger partial charge in [0.2, 0.25) is 5.91 Å². The van der Waals surface area contributed by atoms with Crippen LogP contribution in [0.4, 0.5) is 10.5 Å². The van der Waals surface area contributed by atoms with Gasteiger partial charge < -0.3 is 21.5 Å². The zero-order valence-electron chi connectivity index (χ0n) is 10.4. The highest BCUT2D eigenvalue weighted by Gasteiger charge is 2.27. The third-order valence-corrected chi connectivity index (χ3v) is 2.30. The molecule has 3 amide bonds. The molecule has 0 aliphatic carbocycles. The third kappa shape index (κ3) is 3.66. The number of aromatic nitrogens is 1. The minimum atomic E-state index is -1.27. The fourth-order valence-electron chi connectivity index (χ4n) is 1.18. The van der Waals surface area contributed by atoms with Crippen molar-refractivity contribution in [2.75, 3.05) is 5.32 Å². The molecule has 0 atom stereocenters. The summed E-state index contributed by atoms with van der Waals surface area (Å²) in [5.74, 6) is -1.99. The maximum atomic E-state index is 11.7. The number of anilines is 1. The van der Waals surface area contributed by atoms with Crippen molar-refractivity contribution in [2.24, 2.45) is 5.73 Å². The fourth-order valence-corrected chi connectivity index (χ4v) is 1.18. The molecule has 5 N–H and O–H groups in total. The van der Waals surface area contributed by atoms with Crippen molar-refractivity contribution in [3.63, 3.8) is 0 Å². The first-order valence-corrected chi connectivity index (χ1v) is 5.31. The number of hydrogen-bond donors (Lipinski definition) is 4. The van der Waals surface area contributed by atoms with Gasteiger partial charge in [-0.1, -0.05) is 0 Å². The van der Waals surface area contributed by atoms with Gasteiger partial charge >= 0.3 is 12.0 Å². The highest BCUT2D eigenvalue weighted by Crippen LogP contribution is 2.12. The van der Waals surface area contributed by atoms with Crippen LogP contribution < -0.4 is 16.4 Å². The summed E-state index contributed by atoms with van der Waals surface area (Å²) in [5.41, 5.74) is 3.57. The standard InChI is InChI=1S/C11H14N4O4/c1-11(2,9(12)18)15-10(19)14-6-4-3-5-13-7(6)8(16)17/h3-5H,1-2H3,(H2,12,18)(H,16,17)(H2,14,15,19). The van der Waals surface area contributed by atoms with Gasteiger partial charge in [0.05, 0.1) is 5.69 Å². The minimum Gasteiger partial charge on any atom is -0.476 e. The van der Waals surface area contributed by atoms with Crippen LogP contribution in [-0.4, -0.2) is 33.5 Å². The summed E-state index contributed by atoms with van der Waals surface area (Å²) in [7, 11) is 0. The number of primary amides is 1. The van der Waals surface area contributed by atoms with Crippen molar-refractivity contribution in [1.29, 1.82) is 0 Å². The van der Waals surface area contributed by atoms with Crippen molar-refractivity contribution in [3.8, 4) is 0 Å². The molecule has 1 rings (SSSR count). The number of carbonyl (C=O) groups is 3. The van der Waals surface area contributed by atoms with Crippen LogP contribution in [0.1, 0.15) is 24.3 Å². The molecule has 0 radical (unpaired) electrons. The molecule has 0 saturated heterocycles. The predicted octanol–water partition coefficient (Wildman–Crippen LogP) is 0.165. The normalized spacial score (nSPS) is 10.6. The number of aromatic carboxylic acids is 1. The zero-order valence-corrected chi connectivity index (χ0v) is 10.4. The van der Waals surface area contributed by atoms with Gasteiger partial charge in [-0.2, -0.15) is 0 Å². The smallest absolute Gasteiger partial charge is 0.356 e. The fraction of sp³-hybridized carbons (Fsp3) is 0.273. The van der Waals surface area contributed by atoms with Gasteiger partial charge in [-0.3, -0.25) is 4.79 Å². The average Bonchev–Trinajstić information content (AvgIpc) is 2.28. The zero-order chi connectivity index (χ0) is 14.6. The number of carboxylic acids is 1. The lowest BCUT2D eigenvalue weighted by Crippen LogP contribution is -2.54. The Bertz CT molecular complexity index is 527. The average molecular weight is 266 g/mol. The topological polar surface area (TPSA) is 134 Å². The Kier molecular flexibility index (Phi) is 4.05. The highest BCUT2D eigenvalue weighted by atomic mass is 16.4.